The Morgan fingerprint density at radius 2 is 2.04 bits per heavy atom. The van der Waals surface area contributed by atoms with Crippen molar-refractivity contribution in [1.29, 1.82) is 0 Å². The van der Waals surface area contributed by atoms with E-state index in [0.29, 0.717) is 21.9 Å². The Morgan fingerprint density at radius 3 is 2.65 bits per heavy atom. The van der Waals surface area contributed by atoms with Crippen LogP contribution in [0.25, 0.3) is 0 Å². The zero-order chi connectivity index (χ0) is 17.0. The highest BCUT2D eigenvalue weighted by atomic mass is 35.5. The number of para-hydroxylation sites is 1. The number of nitro groups is 1. The lowest BCUT2D eigenvalue weighted by Gasteiger charge is -2.16. The van der Waals surface area contributed by atoms with Crippen molar-refractivity contribution in [2.75, 3.05) is 7.11 Å². The van der Waals surface area contributed by atoms with Gasteiger partial charge in [0.2, 0.25) is 0 Å². The molecule has 0 bridgehead atoms. The van der Waals surface area contributed by atoms with E-state index in [1.807, 2.05) is 0 Å². The molecule has 0 spiro atoms. The molecule has 7 heteroatoms. The van der Waals surface area contributed by atoms with Gasteiger partial charge >= 0.3 is 5.97 Å². The molecule has 0 aliphatic heterocycles. The Morgan fingerprint density at radius 1 is 1.35 bits per heavy atom. The minimum absolute atomic E-state index is 0.0385. The topological polar surface area (TPSA) is 89.7 Å². The van der Waals surface area contributed by atoms with Crippen LogP contribution in [0.5, 0.6) is 5.75 Å². The van der Waals surface area contributed by atoms with Crippen molar-refractivity contribution in [1.82, 2.24) is 0 Å². The van der Waals surface area contributed by atoms with Crippen LogP contribution in [0, 0.1) is 10.1 Å². The van der Waals surface area contributed by atoms with Crippen molar-refractivity contribution < 1.29 is 19.6 Å². The summed E-state index contributed by atoms with van der Waals surface area (Å²) in [5.74, 6) is -1.74. The number of rotatable bonds is 6. The largest absolute Gasteiger partial charge is 0.496 e. The molecule has 0 saturated carbocycles. The summed E-state index contributed by atoms with van der Waals surface area (Å²) in [4.78, 5) is 22.3. The molecular formula is C16H14ClNO5. The number of nitrogens with zero attached hydrogens (tertiary/aromatic N) is 1. The van der Waals surface area contributed by atoms with E-state index in [1.165, 1.54) is 25.3 Å². The minimum atomic E-state index is -1.11. The summed E-state index contributed by atoms with van der Waals surface area (Å²) >= 11 is 5.95. The van der Waals surface area contributed by atoms with E-state index < -0.39 is 16.8 Å². The molecule has 0 fully saturated rings. The third-order valence-electron chi connectivity index (χ3n) is 3.48. The van der Waals surface area contributed by atoms with Crippen LogP contribution in [0.1, 0.15) is 17.0 Å². The molecule has 0 saturated heterocycles. The SMILES string of the molecule is COc1ccc(Cl)cc1C(Cc1ccccc1[N+](=O)[O-])C(=O)O. The maximum absolute atomic E-state index is 11.7. The minimum Gasteiger partial charge on any atom is -0.496 e. The number of aliphatic carboxylic acids is 1. The standard InChI is InChI=1S/C16H14ClNO5/c1-23-15-7-6-11(17)9-12(15)13(16(19)20)8-10-4-2-3-5-14(10)18(21)22/h2-7,9,13H,8H2,1H3,(H,19,20). The molecule has 0 heterocycles. The summed E-state index contributed by atoms with van der Waals surface area (Å²) in [5.41, 5.74) is 0.609. The summed E-state index contributed by atoms with van der Waals surface area (Å²) in [7, 11) is 1.43. The van der Waals surface area contributed by atoms with Crippen LogP contribution < -0.4 is 4.74 Å². The average molecular weight is 336 g/mol. The van der Waals surface area contributed by atoms with Gasteiger partial charge in [-0.15, -0.1) is 0 Å². The highest BCUT2D eigenvalue weighted by molar-refractivity contribution is 6.30. The van der Waals surface area contributed by atoms with Crippen LogP contribution in [0.15, 0.2) is 42.5 Å². The van der Waals surface area contributed by atoms with Crippen molar-refractivity contribution in [2.45, 2.75) is 12.3 Å². The quantitative estimate of drug-likeness (QED) is 0.642. The smallest absolute Gasteiger partial charge is 0.311 e. The first-order valence-electron chi connectivity index (χ1n) is 6.72. The van der Waals surface area contributed by atoms with E-state index in [0.717, 1.165) is 0 Å². The summed E-state index contributed by atoms with van der Waals surface area (Å²) in [6.07, 6.45) is -0.0385. The molecule has 0 radical (unpaired) electrons. The van der Waals surface area contributed by atoms with Gasteiger partial charge in [0, 0.05) is 22.2 Å². The number of halogens is 1. The fraction of sp³-hybridized carbons (Fsp3) is 0.188. The van der Waals surface area contributed by atoms with Gasteiger partial charge in [-0.2, -0.15) is 0 Å². The van der Waals surface area contributed by atoms with Crippen LogP contribution in [0.4, 0.5) is 5.69 Å². The van der Waals surface area contributed by atoms with Gasteiger partial charge in [-0.1, -0.05) is 29.8 Å². The molecule has 0 aliphatic rings. The number of carboxylic acids is 1. The van der Waals surface area contributed by atoms with E-state index in [9.17, 15) is 20.0 Å². The van der Waals surface area contributed by atoms with Crippen LogP contribution >= 0.6 is 11.6 Å². The van der Waals surface area contributed by atoms with Gasteiger partial charge < -0.3 is 9.84 Å². The summed E-state index contributed by atoms with van der Waals surface area (Å²) in [6, 6.07) is 10.7. The van der Waals surface area contributed by atoms with E-state index >= 15 is 0 Å². The molecule has 1 unspecified atom stereocenters. The third-order valence-corrected chi connectivity index (χ3v) is 3.71. The lowest BCUT2D eigenvalue weighted by atomic mass is 9.90. The van der Waals surface area contributed by atoms with Gasteiger partial charge in [0.1, 0.15) is 5.75 Å². The molecule has 0 amide bonds. The first-order chi connectivity index (χ1) is 10.9. The van der Waals surface area contributed by atoms with Crippen molar-refractivity contribution in [3.63, 3.8) is 0 Å². The van der Waals surface area contributed by atoms with Gasteiger partial charge in [0.15, 0.2) is 0 Å². The third kappa shape index (κ3) is 3.78. The fourth-order valence-corrected chi connectivity index (χ4v) is 2.57. The van der Waals surface area contributed by atoms with Crippen molar-refractivity contribution >= 4 is 23.3 Å². The molecule has 0 aliphatic carbocycles. The fourth-order valence-electron chi connectivity index (χ4n) is 2.39. The molecule has 23 heavy (non-hydrogen) atoms. The number of hydrogen-bond acceptors (Lipinski definition) is 4. The lowest BCUT2D eigenvalue weighted by Crippen LogP contribution is -2.16. The van der Waals surface area contributed by atoms with E-state index in [-0.39, 0.29) is 12.1 Å². The lowest BCUT2D eigenvalue weighted by molar-refractivity contribution is -0.385. The monoisotopic (exact) mass is 335 g/mol. The number of carbonyl (C=O) groups is 1. The number of benzene rings is 2. The molecule has 2 rings (SSSR count). The molecule has 2 aromatic carbocycles. The van der Waals surface area contributed by atoms with Crippen LogP contribution in [0.2, 0.25) is 5.02 Å². The van der Waals surface area contributed by atoms with Gasteiger partial charge in [-0.25, -0.2) is 0 Å². The Balaban J connectivity index is 2.48. The van der Waals surface area contributed by atoms with Crippen LogP contribution in [-0.4, -0.2) is 23.1 Å². The van der Waals surface area contributed by atoms with E-state index in [2.05, 4.69) is 0 Å². The Hall–Kier alpha value is -2.60. The molecular weight excluding hydrogens is 322 g/mol. The van der Waals surface area contributed by atoms with Gasteiger partial charge in [0.25, 0.3) is 5.69 Å². The first-order valence-corrected chi connectivity index (χ1v) is 7.10. The Bertz CT molecular complexity index is 747. The molecule has 120 valence electrons. The van der Waals surface area contributed by atoms with Gasteiger partial charge in [-0.3, -0.25) is 14.9 Å². The Kier molecular flexibility index (Phi) is 5.18. The maximum atomic E-state index is 11.7. The van der Waals surface area contributed by atoms with Crippen LogP contribution in [-0.2, 0) is 11.2 Å². The molecule has 1 N–H and O–H groups in total. The zero-order valence-electron chi connectivity index (χ0n) is 12.2. The van der Waals surface area contributed by atoms with Crippen LogP contribution in [0.3, 0.4) is 0 Å². The van der Waals surface area contributed by atoms with Crippen molar-refractivity contribution in [3.05, 3.63) is 68.7 Å². The predicted octanol–water partition coefficient (Wildman–Crippen LogP) is 3.67. The van der Waals surface area contributed by atoms with Gasteiger partial charge in [0.05, 0.1) is 18.0 Å². The maximum Gasteiger partial charge on any atom is 0.311 e. The molecule has 0 aromatic heterocycles. The average Bonchev–Trinajstić information content (AvgIpc) is 2.52. The number of carboxylic acid groups (broad SMARTS) is 1. The van der Waals surface area contributed by atoms with Crippen molar-refractivity contribution in [3.8, 4) is 5.75 Å². The number of ether oxygens (including phenoxy) is 1. The highest BCUT2D eigenvalue weighted by Gasteiger charge is 2.27. The number of methoxy groups -OCH3 is 1. The van der Waals surface area contributed by atoms with Gasteiger partial charge in [-0.05, 0) is 24.6 Å². The summed E-state index contributed by atoms with van der Waals surface area (Å²) in [6.45, 7) is 0. The second-order valence-electron chi connectivity index (χ2n) is 4.87. The molecule has 2 aromatic rings. The highest BCUT2D eigenvalue weighted by Crippen LogP contribution is 2.33. The summed E-state index contributed by atoms with van der Waals surface area (Å²) in [5, 5.41) is 21.0. The zero-order valence-corrected chi connectivity index (χ0v) is 13.0. The second kappa shape index (κ2) is 7.11. The van der Waals surface area contributed by atoms with E-state index in [4.69, 9.17) is 16.3 Å². The number of hydrogen-bond donors (Lipinski definition) is 1. The van der Waals surface area contributed by atoms with E-state index in [1.54, 1.807) is 24.3 Å². The second-order valence-corrected chi connectivity index (χ2v) is 5.30. The molecule has 6 nitrogen and oxygen atoms in total. The number of nitro benzene ring substituents is 1. The van der Waals surface area contributed by atoms with Crippen molar-refractivity contribution in [2.24, 2.45) is 0 Å². The normalized spacial score (nSPS) is 11.7. The predicted molar refractivity (Wildman–Crippen MR) is 85.2 cm³/mol. The Labute approximate surface area is 137 Å². The summed E-state index contributed by atoms with van der Waals surface area (Å²) < 4.78 is 5.19. The molecule has 1 atom stereocenters. The first kappa shape index (κ1) is 16.8.